The van der Waals surface area contributed by atoms with Crippen LogP contribution in [0.5, 0.6) is 0 Å². The van der Waals surface area contributed by atoms with E-state index in [1.54, 1.807) is 18.9 Å². The van der Waals surface area contributed by atoms with Crippen LogP contribution in [0.15, 0.2) is 0 Å². The minimum atomic E-state index is -0.582. The molecule has 0 fully saturated rings. The molecular formula is C11H22N2O3S. The molecule has 0 bridgehead atoms. The largest absolute Gasteiger partial charge is 0.465 e. The molecule has 0 spiro atoms. The van der Waals surface area contributed by atoms with Gasteiger partial charge in [0.2, 0.25) is 5.91 Å². The van der Waals surface area contributed by atoms with Gasteiger partial charge in [0, 0.05) is 13.6 Å². The maximum absolute atomic E-state index is 11.4. The van der Waals surface area contributed by atoms with Gasteiger partial charge >= 0.3 is 5.97 Å². The lowest BCUT2D eigenvalue weighted by Gasteiger charge is -2.14. The Balaban J connectivity index is 3.64. The molecule has 5 nitrogen and oxygen atoms in total. The maximum Gasteiger partial charge on any atom is 0.322 e. The minimum Gasteiger partial charge on any atom is -0.465 e. The van der Waals surface area contributed by atoms with Gasteiger partial charge in [-0.3, -0.25) is 9.59 Å². The predicted octanol–water partition coefficient (Wildman–Crippen LogP) is 0.478. The van der Waals surface area contributed by atoms with Crippen molar-refractivity contribution in [1.82, 2.24) is 4.90 Å². The summed E-state index contributed by atoms with van der Waals surface area (Å²) in [5.41, 5.74) is 5.62. The number of nitrogens with zero attached hydrogens (tertiary/aromatic N) is 1. The van der Waals surface area contributed by atoms with E-state index in [1.807, 2.05) is 6.92 Å². The Labute approximate surface area is 107 Å². The summed E-state index contributed by atoms with van der Waals surface area (Å²) in [6.07, 6.45) is 0.534. The van der Waals surface area contributed by atoms with Crippen LogP contribution in [0, 0.1) is 0 Å². The summed E-state index contributed by atoms with van der Waals surface area (Å²) in [5.74, 6) is 0.843. The lowest BCUT2D eigenvalue weighted by molar-refractivity contribution is -0.144. The van der Waals surface area contributed by atoms with Crippen LogP contribution < -0.4 is 5.73 Å². The monoisotopic (exact) mass is 262 g/mol. The summed E-state index contributed by atoms with van der Waals surface area (Å²) in [7, 11) is 1.77. The van der Waals surface area contributed by atoms with Crippen molar-refractivity contribution in [3.8, 4) is 0 Å². The Morgan fingerprint density at radius 1 is 1.41 bits per heavy atom. The van der Waals surface area contributed by atoms with Crippen LogP contribution in [0.3, 0.4) is 0 Å². The average Bonchev–Trinajstić information content (AvgIpc) is 2.33. The molecule has 0 saturated heterocycles. The zero-order chi connectivity index (χ0) is 13.3. The van der Waals surface area contributed by atoms with Gasteiger partial charge in [0.1, 0.15) is 6.04 Å². The first-order valence-electron chi connectivity index (χ1n) is 5.76. The zero-order valence-electron chi connectivity index (χ0n) is 10.8. The van der Waals surface area contributed by atoms with E-state index < -0.39 is 6.04 Å². The number of rotatable bonds is 8. The first-order valence-corrected chi connectivity index (χ1v) is 6.92. The molecule has 2 N–H and O–H groups in total. The topological polar surface area (TPSA) is 72.6 Å². The Hall–Kier alpha value is -0.750. The normalized spacial score (nSPS) is 12.0. The van der Waals surface area contributed by atoms with Gasteiger partial charge in [-0.2, -0.15) is 11.8 Å². The molecule has 6 heteroatoms. The van der Waals surface area contributed by atoms with Gasteiger partial charge in [0.15, 0.2) is 0 Å². The molecule has 100 valence electrons. The highest BCUT2D eigenvalue weighted by Crippen LogP contribution is 2.06. The number of carbonyl (C=O) groups is 2. The molecule has 17 heavy (non-hydrogen) atoms. The number of amides is 1. The van der Waals surface area contributed by atoms with Crippen LogP contribution in [-0.2, 0) is 14.3 Å². The second-order valence-electron chi connectivity index (χ2n) is 3.61. The third-order valence-electron chi connectivity index (χ3n) is 2.29. The number of esters is 1. The number of hydrogen-bond acceptors (Lipinski definition) is 5. The summed E-state index contributed by atoms with van der Waals surface area (Å²) in [6.45, 7) is 4.74. The smallest absolute Gasteiger partial charge is 0.322 e. The molecule has 0 saturated carbocycles. The fourth-order valence-electron chi connectivity index (χ4n) is 1.02. The van der Waals surface area contributed by atoms with E-state index in [4.69, 9.17) is 10.5 Å². The maximum atomic E-state index is 11.4. The zero-order valence-corrected chi connectivity index (χ0v) is 11.6. The number of thioether (sulfide) groups is 1. The Bertz CT molecular complexity index is 249. The van der Waals surface area contributed by atoms with Gasteiger partial charge in [-0.1, -0.05) is 0 Å². The average molecular weight is 262 g/mol. The second kappa shape index (κ2) is 9.30. The van der Waals surface area contributed by atoms with E-state index in [9.17, 15) is 9.59 Å². The molecule has 0 aliphatic rings. The van der Waals surface area contributed by atoms with Gasteiger partial charge in [-0.15, -0.1) is 0 Å². The van der Waals surface area contributed by atoms with Gasteiger partial charge in [-0.05, 0) is 26.0 Å². The summed E-state index contributed by atoms with van der Waals surface area (Å²) >= 11 is 1.49. The molecule has 0 radical (unpaired) electrons. The molecule has 0 aromatic rings. The van der Waals surface area contributed by atoms with Crippen molar-refractivity contribution in [2.45, 2.75) is 26.3 Å². The summed E-state index contributed by atoms with van der Waals surface area (Å²) in [6, 6.07) is -0.582. The van der Waals surface area contributed by atoms with Crippen LogP contribution in [0.2, 0.25) is 0 Å². The molecule has 1 atom stereocenters. The van der Waals surface area contributed by atoms with Crippen LogP contribution in [0.4, 0.5) is 0 Å². The molecule has 0 aliphatic carbocycles. The van der Waals surface area contributed by atoms with Crippen molar-refractivity contribution in [2.75, 3.05) is 31.7 Å². The number of nitrogens with two attached hydrogens (primary N) is 1. The Morgan fingerprint density at radius 3 is 2.59 bits per heavy atom. The molecular weight excluding hydrogens is 240 g/mol. The molecule has 1 unspecified atom stereocenters. The fourth-order valence-corrected chi connectivity index (χ4v) is 1.98. The highest BCUT2D eigenvalue weighted by Gasteiger charge is 2.14. The lowest BCUT2D eigenvalue weighted by atomic mass is 10.2. The van der Waals surface area contributed by atoms with E-state index in [1.165, 1.54) is 11.8 Å². The van der Waals surface area contributed by atoms with Crippen molar-refractivity contribution in [3.05, 3.63) is 0 Å². The van der Waals surface area contributed by atoms with E-state index >= 15 is 0 Å². The van der Waals surface area contributed by atoms with E-state index in [0.29, 0.717) is 31.1 Å². The van der Waals surface area contributed by atoms with Crippen molar-refractivity contribution in [1.29, 1.82) is 0 Å². The highest BCUT2D eigenvalue weighted by atomic mass is 32.2. The lowest BCUT2D eigenvalue weighted by Crippen LogP contribution is -2.33. The second-order valence-corrected chi connectivity index (χ2v) is 4.71. The van der Waals surface area contributed by atoms with Gasteiger partial charge in [-0.25, -0.2) is 0 Å². The SMILES string of the molecule is CCOC(=O)C(N)CCSCC(=O)N(C)CC. The number of hydrogen-bond donors (Lipinski definition) is 1. The quantitative estimate of drug-likeness (QED) is 0.509. The van der Waals surface area contributed by atoms with Crippen molar-refractivity contribution < 1.29 is 14.3 Å². The summed E-state index contributed by atoms with van der Waals surface area (Å²) < 4.78 is 4.79. The molecule has 0 heterocycles. The summed E-state index contributed by atoms with van der Waals surface area (Å²) in [5, 5.41) is 0. The van der Waals surface area contributed by atoms with Crippen molar-refractivity contribution in [3.63, 3.8) is 0 Å². The highest BCUT2D eigenvalue weighted by molar-refractivity contribution is 7.99. The van der Waals surface area contributed by atoms with Crippen LogP contribution >= 0.6 is 11.8 Å². The Kier molecular flexibility index (Phi) is 8.89. The predicted molar refractivity (Wildman–Crippen MR) is 69.9 cm³/mol. The van der Waals surface area contributed by atoms with E-state index in [-0.39, 0.29) is 11.9 Å². The molecule has 1 amide bonds. The minimum absolute atomic E-state index is 0.0993. The standard InChI is InChI=1S/C11H22N2O3S/c1-4-13(3)10(14)8-17-7-6-9(12)11(15)16-5-2/h9H,4-8,12H2,1-3H3. The van der Waals surface area contributed by atoms with Gasteiger partial charge in [0.25, 0.3) is 0 Å². The number of carbonyl (C=O) groups excluding carboxylic acids is 2. The third-order valence-corrected chi connectivity index (χ3v) is 3.26. The fraction of sp³-hybridized carbons (Fsp3) is 0.818. The van der Waals surface area contributed by atoms with Gasteiger partial charge in [0.05, 0.1) is 12.4 Å². The van der Waals surface area contributed by atoms with E-state index in [0.717, 1.165) is 0 Å². The molecule has 0 aromatic heterocycles. The van der Waals surface area contributed by atoms with Crippen molar-refractivity contribution in [2.24, 2.45) is 5.73 Å². The first-order chi connectivity index (χ1) is 8.02. The van der Waals surface area contributed by atoms with Crippen LogP contribution in [0.1, 0.15) is 20.3 Å². The summed E-state index contributed by atoms with van der Waals surface area (Å²) in [4.78, 5) is 24.3. The third kappa shape index (κ3) is 7.23. The first kappa shape index (κ1) is 16.2. The number of ether oxygens (including phenoxy) is 1. The Morgan fingerprint density at radius 2 is 2.06 bits per heavy atom. The van der Waals surface area contributed by atoms with Crippen LogP contribution in [-0.4, -0.2) is 54.5 Å². The molecule has 0 aliphatic heterocycles. The van der Waals surface area contributed by atoms with E-state index in [2.05, 4.69) is 0 Å². The van der Waals surface area contributed by atoms with Crippen molar-refractivity contribution >= 4 is 23.6 Å². The molecule has 0 aromatic carbocycles. The van der Waals surface area contributed by atoms with Gasteiger partial charge < -0.3 is 15.4 Å². The van der Waals surface area contributed by atoms with Crippen LogP contribution in [0.25, 0.3) is 0 Å². The molecule has 0 rings (SSSR count).